The first-order valence-corrected chi connectivity index (χ1v) is 11.6. The highest BCUT2D eigenvalue weighted by molar-refractivity contribution is 8.01. The van der Waals surface area contributed by atoms with Crippen LogP contribution in [0, 0.1) is 0 Å². The monoisotopic (exact) mass is 398 g/mol. The minimum absolute atomic E-state index is 0.223. The van der Waals surface area contributed by atoms with Gasteiger partial charge < -0.3 is 15.0 Å². The third kappa shape index (κ3) is 5.57. The maximum Gasteiger partial charge on any atom is 0.233 e. The summed E-state index contributed by atoms with van der Waals surface area (Å²) < 4.78 is 6.45. The van der Waals surface area contributed by atoms with E-state index in [0.717, 1.165) is 48.3 Å². The van der Waals surface area contributed by atoms with Crippen molar-refractivity contribution in [1.29, 1.82) is 0 Å². The number of nitrogens with one attached hydrogen (secondary N) is 1. The molecular formula is C18H30N4O2S2. The Labute approximate surface area is 164 Å². The highest BCUT2D eigenvalue weighted by Crippen LogP contribution is 2.28. The number of amides is 1. The largest absolute Gasteiger partial charge is 0.376 e. The van der Waals surface area contributed by atoms with Crippen LogP contribution in [-0.2, 0) is 9.53 Å². The zero-order valence-corrected chi connectivity index (χ0v) is 17.4. The summed E-state index contributed by atoms with van der Waals surface area (Å²) in [6, 6.07) is 0.666. The van der Waals surface area contributed by atoms with Crippen molar-refractivity contribution in [2.24, 2.45) is 0 Å². The molecule has 1 unspecified atom stereocenters. The minimum atomic E-state index is 0.223. The molecule has 26 heavy (non-hydrogen) atoms. The normalized spacial score (nSPS) is 21.3. The Morgan fingerprint density at radius 2 is 2.08 bits per heavy atom. The average Bonchev–Trinajstić information content (AvgIpc) is 3.31. The summed E-state index contributed by atoms with van der Waals surface area (Å²) in [6.07, 6.45) is 8.60. The third-order valence-electron chi connectivity index (χ3n) is 5.04. The van der Waals surface area contributed by atoms with Crippen molar-refractivity contribution >= 4 is 34.1 Å². The Hall–Kier alpha value is -0.860. The van der Waals surface area contributed by atoms with E-state index in [1.165, 1.54) is 42.4 Å². The lowest BCUT2D eigenvalue weighted by Gasteiger charge is -2.37. The van der Waals surface area contributed by atoms with Gasteiger partial charge >= 0.3 is 0 Å². The standard InChI is InChI=1S/C18H30N4O2S2/c1-13(2)22(14-7-4-3-5-8-14)16(23)12-25-18-21-20-17(26-18)19-11-15-9-6-10-24-15/h13-15H,3-12H2,1-2H3,(H,19,20). The van der Waals surface area contributed by atoms with Crippen LogP contribution in [0.15, 0.2) is 4.34 Å². The number of nitrogens with zero attached hydrogens (tertiary/aromatic N) is 3. The van der Waals surface area contributed by atoms with Crippen molar-refractivity contribution in [2.75, 3.05) is 24.2 Å². The molecule has 2 heterocycles. The van der Waals surface area contributed by atoms with Gasteiger partial charge in [0.15, 0.2) is 4.34 Å². The molecule has 3 rings (SSSR count). The summed E-state index contributed by atoms with van der Waals surface area (Å²) in [4.78, 5) is 14.9. The lowest BCUT2D eigenvalue weighted by Crippen LogP contribution is -2.46. The summed E-state index contributed by atoms with van der Waals surface area (Å²) in [7, 11) is 0. The van der Waals surface area contributed by atoms with E-state index in [1.54, 1.807) is 0 Å². The molecule has 1 amide bonds. The Morgan fingerprint density at radius 3 is 2.77 bits per heavy atom. The van der Waals surface area contributed by atoms with Gasteiger partial charge in [-0.25, -0.2) is 0 Å². The molecule has 1 atom stereocenters. The molecule has 1 aromatic heterocycles. The zero-order chi connectivity index (χ0) is 18.4. The van der Waals surface area contributed by atoms with E-state index in [9.17, 15) is 4.79 Å². The number of thioether (sulfide) groups is 1. The highest BCUT2D eigenvalue weighted by atomic mass is 32.2. The molecule has 0 radical (unpaired) electrons. The SMILES string of the molecule is CC(C)N(C(=O)CSc1nnc(NCC2CCCO2)s1)C1CCCCC1. The van der Waals surface area contributed by atoms with E-state index < -0.39 is 0 Å². The number of anilines is 1. The van der Waals surface area contributed by atoms with Crippen LogP contribution in [0.5, 0.6) is 0 Å². The maximum atomic E-state index is 12.8. The fourth-order valence-corrected chi connectivity index (χ4v) is 5.44. The van der Waals surface area contributed by atoms with Gasteiger partial charge in [0.25, 0.3) is 0 Å². The van der Waals surface area contributed by atoms with Gasteiger partial charge in [0.05, 0.1) is 11.9 Å². The molecule has 1 aromatic rings. The number of carbonyl (C=O) groups excluding carboxylic acids is 1. The molecule has 146 valence electrons. The Morgan fingerprint density at radius 1 is 1.27 bits per heavy atom. The van der Waals surface area contributed by atoms with E-state index in [-0.39, 0.29) is 18.1 Å². The fourth-order valence-electron chi connectivity index (χ4n) is 3.82. The molecule has 1 aliphatic carbocycles. The van der Waals surface area contributed by atoms with Crippen LogP contribution in [-0.4, -0.2) is 58.1 Å². The van der Waals surface area contributed by atoms with Gasteiger partial charge in [0.1, 0.15) is 0 Å². The summed E-state index contributed by atoms with van der Waals surface area (Å²) in [5.74, 6) is 0.663. The number of hydrogen-bond donors (Lipinski definition) is 1. The first kappa shape index (κ1) is 19.9. The molecule has 8 heteroatoms. The fraction of sp³-hybridized carbons (Fsp3) is 0.833. The molecule has 1 saturated heterocycles. The summed E-state index contributed by atoms with van der Waals surface area (Å²) in [5.41, 5.74) is 0. The third-order valence-corrected chi connectivity index (χ3v) is 7.04. The van der Waals surface area contributed by atoms with Gasteiger partial charge in [0, 0.05) is 25.2 Å². The lowest BCUT2D eigenvalue weighted by atomic mass is 9.93. The van der Waals surface area contributed by atoms with E-state index in [1.807, 2.05) is 0 Å². The van der Waals surface area contributed by atoms with Crippen LogP contribution in [0.1, 0.15) is 58.8 Å². The summed E-state index contributed by atoms with van der Waals surface area (Å²) in [5, 5.41) is 12.5. The predicted molar refractivity (Wildman–Crippen MR) is 107 cm³/mol. The molecule has 1 saturated carbocycles. The van der Waals surface area contributed by atoms with Crippen molar-refractivity contribution in [3.05, 3.63) is 0 Å². The molecule has 1 aliphatic heterocycles. The number of hydrogen-bond acceptors (Lipinski definition) is 7. The molecule has 0 aromatic carbocycles. The van der Waals surface area contributed by atoms with E-state index in [2.05, 4.69) is 34.3 Å². The topological polar surface area (TPSA) is 67.4 Å². The Bertz CT molecular complexity index is 569. The van der Waals surface area contributed by atoms with Gasteiger partial charge in [-0.2, -0.15) is 0 Å². The van der Waals surface area contributed by atoms with E-state index >= 15 is 0 Å². The molecule has 1 N–H and O–H groups in total. The van der Waals surface area contributed by atoms with Gasteiger partial charge in [0.2, 0.25) is 11.0 Å². The highest BCUT2D eigenvalue weighted by Gasteiger charge is 2.27. The molecule has 2 fully saturated rings. The second-order valence-electron chi connectivity index (χ2n) is 7.36. The lowest BCUT2D eigenvalue weighted by molar-refractivity contribution is -0.133. The van der Waals surface area contributed by atoms with Crippen molar-refractivity contribution in [3.63, 3.8) is 0 Å². The quantitative estimate of drug-likeness (QED) is 0.672. The van der Waals surface area contributed by atoms with Crippen LogP contribution in [0.3, 0.4) is 0 Å². The smallest absolute Gasteiger partial charge is 0.233 e. The number of aromatic nitrogens is 2. The Kier molecular flexibility index (Phi) is 7.57. The van der Waals surface area contributed by atoms with Crippen molar-refractivity contribution in [3.8, 4) is 0 Å². The molecule has 6 nitrogen and oxygen atoms in total. The maximum absolute atomic E-state index is 12.8. The first-order chi connectivity index (χ1) is 12.6. The Balaban J connectivity index is 1.46. The number of ether oxygens (including phenoxy) is 1. The van der Waals surface area contributed by atoms with E-state index in [4.69, 9.17) is 4.74 Å². The van der Waals surface area contributed by atoms with Gasteiger partial charge in [-0.05, 0) is 39.5 Å². The van der Waals surface area contributed by atoms with Gasteiger partial charge in [-0.3, -0.25) is 4.79 Å². The molecule has 2 aliphatic rings. The van der Waals surface area contributed by atoms with Crippen LogP contribution in [0.25, 0.3) is 0 Å². The molecule has 0 spiro atoms. The van der Waals surface area contributed by atoms with Crippen molar-refractivity contribution in [2.45, 2.75) is 81.3 Å². The van der Waals surface area contributed by atoms with E-state index in [0.29, 0.717) is 11.8 Å². The summed E-state index contributed by atoms with van der Waals surface area (Å²) >= 11 is 3.02. The number of rotatable bonds is 8. The molecule has 0 bridgehead atoms. The second kappa shape index (κ2) is 9.90. The van der Waals surface area contributed by atoms with Gasteiger partial charge in [-0.15, -0.1) is 10.2 Å². The second-order valence-corrected chi connectivity index (χ2v) is 9.56. The minimum Gasteiger partial charge on any atom is -0.376 e. The predicted octanol–water partition coefficient (Wildman–Crippen LogP) is 3.79. The first-order valence-electron chi connectivity index (χ1n) is 9.76. The summed E-state index contributed by atoms with van der Waals surface area (Å²) in [6.45, 7) is 5.88. The molecular weight excluding hydrogens is 368 g/mol. The van der Waals surface area contributed by atoms with Crippen LogP contribution in [0.2, 0.25) is 0 Å². The van der Waals surface area contributed by atoms with Crippen LogP contribution >= 0.6 is 23.1 Å². The van der Waals surface area contributed by atoms with Crippen molar-refractivity contribution < 1.29 is 9.53 Å². The zero-order valence-electron chi connectivity index (χ0n) is 15.8. The van der Waals surface area contributed by atoms with Gasteiger partial charge in [-0.1, -0.05) is 42.4 Å². The average molecular weight is 399 g/mol. The van der Waals surface area contributed by atoms with Crippen LogP contribution < -0.4 is 5.32 Å². The van der Waals surface area contributed by atoms with Crippen LogP contribution in [0.4, 0.5) is 5.13 Å². The number of carbonyl (C=O) groups is 1. The van der Waals surface area contributed by atoms with Crippen molar-refractivity contribution in [1.82, 2.24) is 15.1 Å².